The summed E-state index contributed by atoms with van der Waals surface area (Å²) in [5, 5.41) is 7.59. The first kappa shape index (κ1) is 13.1. The van der Waals surface area contributed by atoms with Crippen molar-refractivity contribution in [1.29, 1.82) is 0 Å². The minimum Gasteiger partial charge on any atom is -0.375 e. The van der Waals surface area contributed by atoms with Crippen LogP contribution in [0.1, 0.15) is 15.9 Å². The molecule has 1 amide bonds. The molecule has 4 nitrogen and oxygen atoms in total. The van der Waals surface area contributed by atoms with Gasteiger partial charge in [-0.1, -0.05) is 11.3 Å². The lowest BCUT2D eigenvalue weighted by Crippen LogP contribution is -2.25. The van der Waals surface area contributed by atoms with Crippen LogP contribution in [0.25, 0.3) is 10.2 Å². The average Bonchev–Trinajstić information content (AvgIpc) is 3.05. The number of benzene rings is 1. The Balaban J connectivity index is 1.65. The molecule has 0 unspecified atom stereocenters. The summed E-state index contributed by atoms with van der Waals surface area (Å²) in [5.41, 5.74) is 8.39. The van der Waals surface area contributed by atoms with Crippen LogP contribution in [0.4, 0.5) is 5.13 Å². The van der Waals surface area contributed by atoms with Gasteiger partial charge in [-0.2, -0.15) is 11.3 Å². The molecule has 2 aromatic heterocycles. The van der Waals surface area contributed by atoms with Gasteiger partial charge >= 0.3 is 0 Å². The topological polar surface area (TPSA) is 68.0 Å². The van der Waals surface area contributed by atoms with Crippen molar-refractivity contribution >= 4 is 43.9 Å². The second-order valence-corrected chi connectivity index (χ2v) is 6.21. The van der Waals surface area contributed by atoms with Crippen molar-refractivity contribution < 1.29 is 4.79 Å². The van der Waals surface area contributed by atoms with Crippen LogP contribution >= 0.6 is 22.7 Å². The first-order valence-electron chi connectivity index (χ1n) is 6.18. The van der Waals surface area contributed by atoms with Gasteiger partial charge in [0.05, 0.1) is 10.2 Å². The van der Waals surface area contributed by atoms with Crippen LogP contribution in [0, 0.1) is 0 Å². The number of thiazole rings is 1. The summed E-state index contributed by atoms with van der Waals surface area (Å²) in [4.78, 5) is 16.2. The van der Waals surface area contributed by atoms with Crippen molar-refractivity contribution in [3.8, 4) is 0 Å². The number of fused-ring (bicyclic) bond motifs is 1. The molecule has 3 N–H and O–H groups in total. The van der Waals surface area contributed by atoms with Crippen molar-refractivity contribution in [2.24, 2.45) is 0 Å². The molecule has 3 aromatic rings. The van der Waals surface area contributed by atoms with Crippen molar-refractivity contribution in [2.75, 3.05) is 12.3 Å². The van der Waals surface area contributed by atoms with E-state index in [1.807, 2.05) is 17.5 Å². The summed E-state index contributed by atoms with van der Waals surface area (Å²) in [6.07, 6.45) is 0.852. The highest BCUT2D eigenvalue weighted by Crippen LogP contribution is 2.24. The van der Waals surface area contributed by atoms with Crippen molar-refractivity contribution in [1.82, 2.24) is 10.3 Å². The molecule has 0 saturated carbocycles. The Kier molecular flexibility index (Phi) is 3.66. The number of thiophene rings is 1. The predicted octanol–water partition coefficient (Wildman–Crippen LogP) is 2.91. The Morgan fingerprint density at radius 3 is 3.05 bits per heavy atom. The fraction of sp³-hybridized carbons (Fsp3) is 0.143. The number of nitrogens with zero attached hydrogens (tertiary/aromatic N) is 1. The molecule has 3 rings (SSSR count). The Morgan fingerprint density at radius 1 is 1.35 bits per heavy atom. The maximum absolute atomic E-state index is 12.1. The van der Waals surface area contributed by atoms with Gasteiger partial charge in [-0.25, -0.2) is 4.98 Å². The van der Waals surface area contributed by atoms with Gasteiger partial charge in [-0.15, -0.1) is 0 Å². The van der Waals surface area contributed by atoms with E-state index in [0.717, 1.165) is 16.6 Å². The molecule has 0 atom stereocenters. The summed E-state index contributed by atoms with van der Waals surface area (Å²) in [7, 11) is 0. The zero-order valence-electron chi connectivity index (χ0n) is 10.6. The summed E-state index contributed by atoms with van der Waals surface area (Å²) >= 11 is 3.06. The number of nitrogens with one attached hydrogen (secondary N) is 1. The molecule has 0 saturated heterocycles. The standard InChI is InChI=1S/C14H13N3OS2/c15-14-17-11-2-1-10(7-12(11)20-14)13(18)16-5-3-9-4-6-19-8-9/h1-2,4,6-8H,3,5H2,(H2,15,17)(H,16,18). The van der Waals surface area contributed by atoms with E-state index in [4.69, 9.17) is 5.73 Å². The highest BCUT2D eigenvalue weighted by molar-refractivity contribution is 7.22. The van der Waals surface area contributed by atoms with Crippen molar-refractivity contribution in [3.05, 3.63) is 46.2 Å². The van der Waals surface area contributed by atoms with Gasteiger partial charge < -0.3 is 11.1 Å². The third kappa shape index (κ3) is 2.81. The summed E-state index contributed by atoms with van der Waals surface area (Å²) in [6.45, 7) is 0.637. The Hall–Kier alpha value is -1.92. The summed E-state index contributed by atoms with van der Waals surface area (Å²) < 4.78 is 0.938. The number of hydrogen-bond donors (Lipinski definition) is 2. The second kappa shape index (κ2) is 5.60. The summed E-state index contributed by atoms with van der Waals surface area (Å²) in [6, 6.07) is 7.52. The molecule has 0 aliphatic carbocycles. The normalized spacial score (nSPS) is 10.8. The number of amides is 1. The van der Waals surface area contributed by atoms with E-state index in [1.165, 1.54) is 16.9 Å². The third-order valence-electron chi connectivity index (χ3n) is 2.95. The van der Waals surface area contributed by atoms with E-state index in [0.29, 0.717) is 17.2 Å². The zero-order chi connectivity index (χ0) is 13.9. The zero-order valence-corrected chi connectivity index (χ0v) is 12.3. The maximum atomic E-state index is 12.1. The van der Waals surface area contributed by atoms with E-state index >= 15 is 0 Å². The number of nitrogen functional groups attached to an aromatic ring is 1. The number of hydrogen-bond acceptors (Lipinski definition) is 5. The molecule has 0 spiro atoms. The van der Waals surface area contributed by atoms with E-state index < -0.39 is 0 Å². The van der Waals surface area contributed by atoms with Crippen LogP contribution in [0.2, 0.25) is 0 Å². The minimum atomic E-state index is -0.0610. The van der Waals surface area contributed by atoms with Gasteiger partial charge in [0.1, 0.15) is 0 Å². The maximum Gasteiger partial charge on any atom is 0.251 e. The molecule has 20 heavy (non-hydrogen) atoms. The minimum absolute atomic E-state index is 0.0610. The molecule has 0 aliphatic rings. The molecule has 0 bridgehead atoms. The van der Waals surface area contributed by atoms with E-state index in [-0.39, 0.29) is 5.91 Å². The van der Waals surface area contributed by atoms with Crippen LogP contribution < -0.4 is 11.1 Å². The Morgan fingerprint density at radius 2 is 2.25 bits per heavy atom. The number of aromatic nitrogens is 1. The average molecular weight is 303 g/mol. The lowest BCUT2D eigenvalue weighted by molar-refractivity contribution is 0.0954. The van der Waals surface area contributed by atoms with Crippen molar-refractivity contribution in [3.63, 3.8) is 0 Å². The lowest BCUT2D eigenvalue weighted by atomic mass is 10.2. The van der Waals surface area contributed by atoms with Crippen LogP contribution in [-0.4, -0.2) is 17.4 Å². The molecule has 102 valence electrons. The fourth-order valence-electron chi connectivity index (χ4n) is 1.94. The van der Waals surface area contributed by atoms with Crippen LogP contribution in [0.5, 0.6) is 0 Å². The number of carbonyl (C=O) groups is 1. The monoisotopic (exact) mass is 303 g/mol. The molecule has 1 aromatic carbocycles. The van der Waals surface area contributed by atoms with E-state index in [1.54, 1.807) is 17.4 Å². The molecule has 0 aliphatic heterocycles. The van der Waals surface area contributed by atoms with Gasteiger partial charge in [0, 0.05) is 12.1 Å². The van der Waals surface area contributed by atoms with Crippen LogP contribution in [-0.2, 0) is 6.42 Å². The second-order valence-electron chi connectivity index (χ2n) is 4.37. The number of carbonyl (C=O) groups excluding carboxylic acids is 1. The van der Waals surface area contributed by atoms with Gasteiger partial charge in [0.2, 0.25) is 0 Å². The van der Waals surface area contributed by atoms with Gasteiger partial charge in [0.15, 0.2) is 5.13 Å². The third-order valence-corrected chi connectivity index (χ3v) is 4.53. The molecular formula is C14H13N3OS2. The Labute approximate surface area is 124 Å². The molecular weight excluding hydrogens is 290 g/mol. The SMILES string of the molecule is Nc1nc2ccc(C(=O)NCCc3ccsc3)cc2s1. The predicted molar refractivity (Wildman–Crippen MR) is 84.4 cm³/mol. The molecule has 0 fully saturated rings. The number of anilines is 1. The first-order valence-corrected chi connectivity index (χ1v) is 7.93. The molecule has 2 heterocycles. The highest BCUT2D eigenvalue weighted by Gasteiger charge is 2.08. The van der Waals surface area contributed by atoms with E-state index in [2.05, 4.69) is 21.7 Å². The highest BCUT2D eigenvalue weighted by atomic mass is 32.1. The van der Waals surface area contributed by atoms with Crippen LogP contribution in [0.3, 0.4) is 0 Å². The quantitative estimate of drug-likeness (QED) is 0.778. The number of rotatable bonds is 4. The van der Waals surface area contributed by atoms with Gasteiger partial charge in [-0.05, 0) is 47.0 Å². The largest absolute Gasteiger partial charge is 0.375 e. The first-order chi connectivity index (χ1) is 9.72. The molecule has 6 heteroatoms. The molecule has 0 radical (unpaired) electrons. The van der Waals surface area contributed by atoms with Gasteiger partial charge in [-0.3, -0.25) is 4.79 Å². The lowest BCUT2D eigenvalue weighted by Gasteiger charge is -2.04. The fourth-order valence-corrected chi connectivity index (χ4v) is 3.42. The van der Waals surface area contributed by atoms with E-state index in [9.17, 15) is 4.79 Å². The van der Waals surface area contributed by atoms with Crippen LogP contribution in [0.15, 0.2) is 35.0 Å². The van der Waals surface area contributed by atoms with Gasteiger partial charge in [0.25, 0.3) is 5.91 Å². The summed E-state index contributed by atoms with van der Waals surface area (Å²) in [5.74, 6) is -0.0610. The Bertz CT molecular complexity index is 734. The smallest absolute Gasteiger partial charge is 0.251 e. The number of nitrogens with two attached hydrogens (primary N) is 1. The van der Waals surface area contributed by atoms with Crippen molar-refractivity contribution in [2.45, 2.75) is 6.42 Å².